The fourth-order valence-corrected chi connectivity index (χ4v) is 8.47. The molecule has 4 amide bonds. The summed E-state index contributed by atoms with van der Waals surface area (Å²) in [6.07, 6.45) is 6.65. The average molecular weight is 897 g/mol. The van der Waals surface area contributed by atoms with Gasteiger partial charge in [-0.3, -0.25) is 38.9 Å². The molecule has 66 heavy (non-hydrogen) atoms. The van der Waals surface area contributed by atoms with Gasteiger partial charge in [0, 0.05) is 45.4 Å². The van der Waals surface area contributed by atoms with Gasteiger partial charge < -0.3 is 37.9 Å². The van der Waals surface area contributed by atoms with Crippen molar-refractivity contribution in [3.05, 3.63) is 120 Å². The number of aromatic nitrogens is 2. The molecular weight excluding hydrogens is 849 g/mol. The Labute approximate surface area is 379 Å². The van der Waals surface area contributed by atoms with E-state index in [1.807, 2.05) is 36.4 Å². The predicted molar refractivity (Wildman–Crippen MR) is 243 cm³/mol. The second kappa shape index (κ2) is 21.1. The number of amides is 4. The van der Waals surface area contributed by atoms with E-state index in [1.54, 1.807) is 61.2 Å². The van der Waals surface area contributed by atoms with Gasteiger partial charge in [0.05, 0.1) is 105 Å². The Bertz CT molecular complexity index is 2530. The molecule has 0 fully saturated rings. The number of benzene rings is 5. The molecule has 16 heteroatoms. The Morgan fingerprint density at radius 1 is 0.348 bits per heavy atom. The number of pyridine rings is 2. The van der Waals surface area contributed by atoms with E-state index in [0.29, 0.717) is 111 Å². The van der Waals surface area contributed by atoms with Crippen LogP contribution in [0.25, 0.3) is 43.1 Å². The van der Waals surface area contributed by atoms with Gasteiger partial charge in [-0.2, -0.15) is 0 Å². The molecule has 0 saturated heterocycles. The van der Waals surface area contributed by atoms with Crippen molar-refractivity contribution in [3.8, 4) is 11.5 Å². The van der Waals surface area contributed by atoms with Crippen LogP contribution in [0, 0.1) is 0 Å². The maximum absolute atomic E-state index is 13.9. The van der Waals surface area contributed by atoms with Gasteiger partial charge >= 0.3 is 0 Å². The van der Waals surface area contributed by atoms with E-state index < -0.39 is 23.6 Å². The topological polar surface area (TPSA) is 174 Å². The summed E-state index contributed by atoms with van der Waals surface area (Å²) >= 11 is 0. The van der Waals surface area contributed by atoms with E-state index in [4.69, 9.17) is 37.9 Å². The summed E-state index contributed by atoms with van der Waals surface area (Å²) in [6.45, 7) is 4.94. The SMILES string of the molecule is O=C1c2ccc3c4ccc5c6c(ccc(c7ccc(c2c37)C(=O)N1CCOCCOCCOCCOc1cccnc1)c64)C(=O)N(CCOCCOCCOCCOc1cccnc1)C5=O. The lowest BCUT2D eigenvalue weighted by Crippen LogP contribution is -2.42. The van der Waals surface area contributed by atoms with Crippen LogP contribution in [0.1, 0.15) is 41.4 Å². The predicted octanol–water partition coefficient (Wildman–Crippen LogP) is 5.98. The van der Waals surface area contributed by atoms with Gasteiger partial charge in [-0.25, -0.2) is 0 Å². The zero-order chi connectivity index (χ0) is 45.2. The fourth-order valence-electron chi connectivity index (χ4n) is 8.47. The third-order valence-corrected chi connectivity index (χ3v) is 11.5. The van der Waals surface area contributed by atoms with Crippen molar-refractivity contribution >= 4 is 66.7 Å². The molecule has 5 aromatic carbocycles. The quantitative estimate of drug-likeness (QED) is 0.0269. The molecule has 0 bridgehead atoms. The summed E-state index contributed by atoms with van der Waals surface area (Å²) in [6, 6.07) is 21.9. The molecule has 0 radical (unpaired) electrons. The normalized spacial score (nSPS) is 13.6. The van der Waals surface area contributed by atoms with Gasteiger partial charge in [0.1, 0.15) is 24.7 Å². The summed E-state index contributed by atoms with van der Waals surface area (Å²) in [5.74, 6) is -0.206. The van der Waals surface area contributed by atoms with Crippen LogP contribution in [-0.4, -0.2) is 149 Å². The maximum Gasteiger partial charge on any atom is 0.261 e. The molecule has 0 spiro atoms. The van der Waals surface area contributed by atoms with Crippen molar-refractivity contribution < 1.29 is 57.1 Å². The molecule has 16 nitrogen and oxygen atoms in total. The van der Waals surface area contributed by atoms with Crippen LogP contribution < -0.4 is 9.47 Å². The zero-order valence-electron chi connectivity index (χ0n) is 36.2. The Balaban J connectivity index is 0.771. The zero-order valence-corrected chi connectivity index (χ0v) is 36.2. The third kappa shape index (κ3) is 9.37. The standard InChI is InChI=1S/C50H48N4O12/c55-47-39-9-5-35-37-7-11-41-46-42(50(58)54(49(41)57)16-18-60-20-22-62-24-26-64-28-30-66-34-4-2-14-52-32-34)12-8-38(44(37)46)36-6-10-40(45(39)43(35)36)48(56)53(47)15-17-59-19-21-61-23-25-63-27-29-65-33-3-1-13-51-31-33/h1-14,31-32H,15-30H2. The molecule has 2 aliphatic heterocycles. The van der Waals surface area contributed by atoms with Crippen LogP contribution in [0.2, 0.25) is 0 Å². The molecule has 0 unspecified atom stereocenters. The highest BCUT2D eigenvalue weighted by molar-refractivity contribution is 6.41. The van der Waals surface area contributed by atoms with E-state index in [0.717, 1.165) is 32.3 Å². The van der Waals surface area contributed by atoms with Gasteiger partial charge in [-0.1, -0.05) is 24.3 Å². The van der Waals surface area contributed by atoms with E-state index in [9.17, 15) is 19.2 Å². The van der Waals surface area contributed by atoms with Gasteiger partial charge in [-0.05, 0) is 80.8 Å². The Morgan fingerprint density at radius 3 is 0.955 bits per heavy atom. The lowest BCUT2D eigenvalue weighted by atomic mass is 9.82. The first kappa shape index (κ1) is 44.5. The Kier molecular flexibility index (Phi) is 14.2. The van der Waals surface area contributed by atoms with Crippen LogP contribution in [0.15, 0.2) is 97.6 Å². The number of carbonyl (C=O) groups excluding carboxylic acids is 4. The highest BCUT2D eigenvalue weighted by Gasteiger charge is 2.36. The molecule has 0 saturated carbocycles. The van der Waals surface area contributed by atoms with Gasteiger partial charge in [0.25, 0.3) is 23.6 Å². The van der Waals surface area contributed by atoms with Crippen LogP contribution >= 0.6 is 0 Å². The molecule has 0 N–H and O–H groups in total. The highest BCUT2D eigenvalue weighted by Crippen LogP contribution is 2.46. The number of nitrogens with zero attached hydrogens (tertiary/aromatic N) is 4. The average Bonchev–Trinajstić information content (AvgIpc) is 3.35. The molecule has 0 atom stereocenters. The molecule has 7 aromatic rings. The smallest absolute Gasteiger partial charge is 0.261 e. The van der Waals surface area contributed by atoms with Gasteiger partial charge in [0.15, 0.2) is 0 Å². The van der Waals surface area contributed by atoms with Crippen LogP contribution in [0.4, 0.5) is 0 Å². The van der Waals surface area contributed by atoms with Gasteiger partial charge in [-0.15, -0.1) is 0 Å². The monoisotopic (exact) mass is 896 g/mol. The van der Waals surface area contributed by atoms with Crippen LogP contribution in [-0.2, 0) is 28.4 Å². The molecule has 9 rings (SSSR count). The first-order valence-electron chi connectivity index (χ1n) is 22.0. The second-order valence-corrected chi connectivity index (χ2v) is 15.4. The van der Waals surface area contributed by atoms with Crippen molar-refractivity contribution in [2.45, 2.75) is 0 Å². The minimum atomic E-state index is -0.394. The second-order valence-electron chi connectivity index (χ2n) is 15.4. The summed E-state index contributed by atoms with van der Waals surface area (Å²) in [7, 11) is 0. The Hall–Kier alpha value is -6.66. The summed E-state index contributed by atoms with van der Waals surface area (Å²) in [5.41, 5.74) is 1.71. The molecule has 340 valence electrons. The lowest BCUT2D eigenvalue weighted by Gasteiger charge is -2.30. The van der Waals surface area contributed by atoms with E-state index in [2.05, 4.69) is 9.97 Å². The van der Waals surface area contributed by atoms with Crippen molar-refractivity contribution in [1.29, 1.82) is 0 Å². The van der Waals surface area contributed by atoms with Crippen LogP contribution in [0.3, 0.4) is 0 Å². The maximum atomic E-state index is 13.9. The number of rotatable bonds is 26. The molecule has 2 aromatic heterocycles. The Morgan fingerprint density at radius 2 is 0.652 bits per heavy atom. The van der Waals surface area contributed by atoms with Crippen molar-refractivity contribution in [2.24, 2.45) is 0 Å². The van der Waals surface area contributed by atoms with Gasteiger partial charge in [0.2, 0.25) is 0 Å². The summed E-state index contributed by atoms with van der Waals surface area (Å²) < 4.78 is 44.8. The molecule has 4 heterocycles. The number of imide groups is 2. The third-order valence-electron chi connectivity index (χ3n) is 11.5. The van der Waals surface area contributed by atoms with E-state index in [1.165, 1.54) is 9.80 Å². The van der Waals surface area contributed by atoms with Crippen molar-refractivity contribution in [1.82, 2.24) is 19.8 Å². The minimum absolute atomic E-state index is 0.0806. The first-order valence-corrected chi connectivity index (χ1v) is 22.0. The fraction of sp³-hybridized carbons (Fsp3) is 0.320. The largest absolute Gasteiger partial charge is 0.490 e. The van der Waals surface area contributed by atoms with Crippen molar-refractivity contribution in [2.75, 3.05) is 106 Å². The lowest BCUT2D eigenvalue weighted by molar-refractivity contribution is 0.00632. The number of carbonyl (C=O) groups is 4. The number of hydrogen-bond donors (Lipinski definition) is 0. The molecular formula is C50H48N4O12. The number of fused-ring (bicyclic) bond motifs is 2. The van der Waals surface area contributed by atoms with E-state index in [-0.39, 0.29) is 39.5 Å². The van der Waals surface area contributed by atoms with Crippen molar-refractivity contribution in [3.63, 3.8) is 0 Å². The highest BCUT2D eigenvalue weighted by atomic mass is 16.6. The van der Waals surface area contributed by atoms with Crippen LogP contribution in [0.5, 0.6) is 11.5 Å². The number of hydrogen-bond acceptors (Lipinski definition) is 14. The first-order chi connectivity index (χ1) is 32.5. The summed E-state index contributed by atoms with van der Waals surface area (Å²) in [4.78, 5) is 66.2. The molecule has 0 aliphatic carbocycles. The van der Waals surface area contributed by atoms with E-state index >= 15 is 0 Å². The number of ether oxygens (including phenoxy) is 8. The minimum Gasteiger partial charge on any atom is -0.490 e. The molecule has 2 aliphatic rings. The summed E-state index contributed by atoms with van der Waals surface area (Å²) in [5, 5.41) is 6.05.